The van der Waals surface area contributed by atoms with Crippen LogP contribution >= 0.6 is 23.2 Å². The average Bonchev–Trinajstić information content (AvgIpc) is 4.40. The summed E-state index contributed by atoms with van der Waals surface area (Å²) < 4.78 is 0. The maximum absolute atomic E-state index is 7.37. The van der Waals surface area contributed by atoms with Gasteiger partial charge in [-0.3, -0.25) is 0 Å². The molecule has 3 aromatic heterocycles. The zero-order valence-electron chi connectivity index (χ0n) is 47.0. The zero-order chi connectivity index (χ0) is 54.9. The van der Waals surface area contributed by atoms with E-state index in [-0.39, 0.29) is 0 Å². The van der Waals surface area contributed by atoms with Crippen LogP contribution in [-0.2, 0) is 0 Å². The van der Waals surface area contributed by atoms with E-state index < -0.39 is 16.1 Å². The lowest BCUT2D eigenvalue weighted by Crippen LogP contribution is -2.43. The average molecular weight is 1090 g/mol. The number of hydrogen-bond donors (Lipinski definition) is 2. The van der Waals surface area contributed by atoms with Crippen molar-refractivity contribution in [3.05, 3.63) is 165 Å². The minimum Gasteiger partial charge on any atom is -0.354 e. The number of fused-ring (bicyclic) bond motifs is 12. The molecule has 0 spiro atoms. The monoisotopic (exact) mass is 1090 g/mol. The van der Waals surface area contributed by atoms with E-state index in [1.165, 1.54) is 0 Å². The fourth-order valence-electron chi connectivity index (χ4n) is 13.9. The molecule has 2 aliphatic rings. The second-order valence-corrected chi connectivity index (χ2v) is 35.3. The Kier molecular flexibility index (Phi) is 14.1. The van der Waals surface area contributed by atoms with Crippen molar-refractivity contribution in [3.8, 4) is 45.2 Å². The van der Waals surface area contributed by atoms with Crippen molar-refractivity contribution in [2.24, 2.45) is 0 Å². The number of aromatic amines is 2. The summed E-state index contributed by atoms with van der Waals surface area (Å²) in [4.78, 5) is 19.5. The van der Waals surface area contributed by atoms with Gasteiger partial charge in [-0.25, -0.2) is 9.97 Å². The Balaban J connectivity index is 1.38. The number of rotatable bonds is 8. The Labute approximate surface area is 472 Å². The van der Waals surface area contributed by atoms with Gasteiger partial charge in [-0.15, -0.1) is 11.1 Å². The van der Waals surface area contributed by atoms with E-state index >= 15 is 0 Å². The number of halogens is 2. The highest BCUT2D eigenvalue weighted by Gasteiger charge is 2.43. The molecule has 78 heavy (non-hydrogen) atoms. The summed E-state index contributed by atoms with van der Waals surface area (Å²) in [5.41, 5.74) is 23.5. The van der Waals surface area contributed by atoms with Gasteiger partial charge in [-0.05, 0) is 103 Å². The largest absolute Gasteiger partial charge is 0.354 e. The van der Waals surface area contributed by atoms with Crippen LogP contribution in [0.3, 0.4) is 0 Å². The number of aromatic nitrogens is 4. The highest BCUT2D eigenvalue weighted by atomic mass is 35.5. The predicted octanol–water partition coefficient (Wildman–Crippen LogP) is 21.0. The molecule has 5 heterocycles. The minimum absolute atomic E-state index is 0.433. The van der Waals surface area contributed by atoms with Crippen LogP contribution in [0.15, 0.2) is 121 Å². The number of H-pyrrole nitrogens is 2. The molecular weight excluding hydrogens is 1020 g/mol. The predicted molar refractivity (Wildman–Crippen MR) is 346 cm³/mol. The van der Waals surface area contributed by atoms with Gasteiger partial charge in [0.1, 0.15) is 16.1 Å². The Bertz CT molecular complexity index is 3860. The highest BCUT2D eigenvalue weighted by molar-refractivity contribution is 6.91. The van der Waals surface area contributed by atoms with E-state index in [9.17, 15) is 0 Å². The molecule has 9 aromatic rings. The third kappa shape index (κ3) is 8.59. The molecule has 0 amide bonds. The summed E-state index contributed by atoms with van der Waals surface area (Å²) in [7, 11) is -4.48. The molecule has 0 fully saturated rings. The van der Waals surface area contributed by atoms with Crippen LogP contribution in [0.4, 0.5) is 0 Å². The van der Waals surface area contributed by atoms with Crippen molar-refractivity contribution in [2.75, 3.05) is 0 Å². The molecule has 0 atom stereocenters. The fourth-order valence-corrected chi connectivity index (χ4v) is 25.0. The lowest BCUT2D eigenvalue weighted by atomic mass is 9.91. The first-order chi connectivity index (χ1) is 37.5. The molecule has 390 valence electrons. The summed E-state index contributed by atoms with van der Waals surface area (Å²) in [6.45, 7) is 28.5. The Morgan fingerprint density at radius 3 is 0.872 bits per heavy atom. The topological polar surface area (TPSA) is 57.4 Å². The molecule has 8 heteroatoms. The van der Waals surface area contributed by atoms with E-state index in [4.69, 9.17) is 33.2 Å². The Hall–Kier alpha value is -6.91. The first kappa shape index (κ1) is 53.1. The number of hydrogen-bond acceptors (Lipinski definition) is 2. The Morgan fingerprint density at radius 2 is 0.590 bits per heavy atom. The van der Waals surface area contributed by atoms with Crippen LogP contribution in [-0.4, -0.2) is 36.1 Å². The normalized spacial score (nSPS) is 12.9. The van der Waals surface area contributed by atoms with Crippen molar-refractivity contribution in [1.82, 2.24) is 19.9 Å². The molecule has 0 aliphatic carbocycles. The number of nitrogens with zero attached hydrogens (tertiary/aromatic N) is 2. The van der Waals surface area contributed by atoms with Crippen LogP contribution in [0, 0.1) is 22.9 Å². The summed E-state index contributed by atoms with van der Waals surface area (Å²) in [6, 6.07) is 42.7. The lowest BCUT2D eigenvalue weighted by molar-refractivity contribution is 0.838. The maximum Gasteiger partial charge on any atom is 0.146 e. The molecule has 2 N–H and O–H groups in total. The van der Waals surface area contributed by atoms with Gasteiger partial charge in [0.25, 0.3) is 0 Å². The van der Waals surface area contributed by atoms with Crippen LogP contribution in [0.5, 0.6) is 0 Å². The fraction of sp³-hybridized carbons (Fsp3) is 0.257. The molecule has 0 unspecified atom stereocenters. The maximum atomic E-state index is 7.37. The van der Waals surface area contributed by atoms with E-state index in [0.29, 0.717) is 33.2 Å². The molecule has 0 radical (unpaired) electrons. The molecular formula is C70H68Cl2N4Si2. The molecule has 0 saturated carbocycles. The van der Waals surface area contributed by atoms with Crippen LogP contribution < -0.4 is 0 Å². The van der Waals surface area contributed by atoms with Gasteiger partial charge in [-0.2, -0.15) is 0 Å². The molecule has 2 aliphatic heterocycles. The van der Waals surface area contributed by atoms with Crippen molar-refractivity contribution in [2.45, 2.75) is 116 Å². The first-order valence-electron chi connectivity index (χ1n) is 27.9. The smallest absolute Gasteiger partial charge is 0.146 e. The van der Waals surface area contributed by atoms with Gasteiger partial charge in [-0.1, -0.05) is 215 Å². The van der Waals surface area contributed by atoms with Gasteiger partial charge in [0.2, 0.25) is 0 Å². The SMILES string of the molecule is CC(C)[Si](C#Cc1c2nc(c(-c3c4ccccc4c(Cl)c4ccccc34)c3ccc([nH]3)c(C#C[Si](C(C)C)(C(C)C)C(C)C)c3nc(c(-c4c5ccccc5c(Cl)c5ccccc45)c4ccc1[nH]4)C=C3)C=C2)(C(C)C)C(C)C. The van der Waals surface area contributed by atoms with Gasteiger partial charge < -0.3 is 9.97 Å². The third-order valence-corrected chi connectivity index (χ3v) is 30.9. The second kappa shape index (κ2) is 20.7. The van der Waals surface area contributed by atoms with Crippen LogP contribution in [0.2, 0.25) is 43.3 Å². The minimum atomic E-state index is -2.24. The van der Waals surface area contributed by atoms with E-state index in [2.05, 4.69) is 262 Å². The molecule has 4 nitrogen and oxygen atoms in total. The van der Waals surface area contributed by atoms with Crippen LogP contribution in [0.25, 0.3) is 112 Å². The van der Waals surface area contributed by atoms with E-state index in [1.54, 1.807) is 0 Å². The summed E-state index contributed by atoms with van der Waals surface area (Å²) in [6.07, 6.45) is 8.69. The summed E-state index contributed by atoms with van der Waals surface area (Å²) in [5.74, 6) is 7.88. The lowest BCUT2D eigenvalue weighted by Gasteiger charge is -2.38. The zero-order valence-corrected chi connectivity index (χ0v) is 50.5. The first-order valence-corrected chi connectivity index (χ1v) is 33.1. The second-order valence-electron chi connectivity index (χ2n) is 23.4. The number of benzene rings is 6. The van der Waals surface area contributed by atoms with Crippen molar-refractivity contribution < 1.29 is 0 Å². The van der Waals surface area contributed by atoms with Gasteiger partial charge in [0.15, 0.2) is 0 Å². The summed E-state index contributed by atoms with van der Waals surface area (Å²) >= 11 is 14.7. The van der Waals surface area contributed by atoms with Gasteiger partial charge in [0.05, 0.1) is 55.0 Å². The Morgan fingerprint density at radius 1 is 0.333 bits per heavy atom. The molecule has 8 bridgehead atoms. The van der Waals surface area contributed by atoms with Crippen molar-refractivity contribution in [3.63, 3.8) is 0 Å². The third-order valence-electron chi connectivity index (χ3n) is 17.5. The molecule has 11 rings (SSSR count). The summed E-state index contributed by atoms with van der Waals surface area (Å²) in [5, 5.41) is 9.58. The highest BCUT2D eigenvalue weighted by Crippen LogP contribution is 2.48. The quantitative estimate of drug-likeness (QED) is 0.0905. The van der Waals surface area contributed by atoms with E-state index in [1.807, 2.05) is 0 Å². The number of nitrogens with one attached hydrogen (secondary N) is 2. The van der Waals surface area contributed by atoms with Gasteiger partial charge in [0, 0.05) is 54.8 Å². The molecule has 6 aromatic carbocycles. The van der Waals surface area contributed by atoms with Crippen LogP contribution in [0.1, 0.15) is 117 Å². The van der Waals surface area contributed by atoms with E-state index in [0.717, 1.165) is 131 Å². The van der Waals surface area contributed by atoms with Crippen molar-refractivity contribution in [1.29, 1.82) is 0 Å². The van der Waals surface area contributed by atoms with Crippen molar-refractivity contribution >= 4 is 129 Å². The van der Waals surface area contributed by atoms with Gasteiger partial charge >= 0.3 is 0 Å². The standard InChI is InChI=1S/C70H68Cl2N4Si2/c1-41(2)77(42(3)4,43(5)6)39-37-55-57-29-33-61(73-57)67(65-47-21-13-17-25-51(47)69(71)52-26-18-14-22-48(52)65)63-35-31-59(75-63)56(38-40-78(44(7)8,45(9)10)46(11)12)60-32-36-64(76-60)68(62-34-30-58(55)74-62)66-49-23-15-19-27-53(49)70(72)54-28-20-16-24-50(54)66/h13-36,41-46,73,76H,1-12H3. The molecule has 0 saturated heterocycles.